The highest BCUT2D eigenvalue weighted by atomic mass is 19.2. The van der Waals surface area contributed by atoms with E-state index >= 15 is 0 Å². The number of aromatic nitrogens is 2. The number of nitrogens with zero attached hydrogens (tertiary/aromatic N) is 2. The van der Waals surface area contributed by atoms with Crippen LogP contribution in [0.15, 0.2) is 10.7 Å². The first-order valence-electron chi connectivity index (χ1n) is 4.64. The van der Waals surface area contributed by atoms with Crippen LogP contribution in [-0.2, 0) is 0 Å². The minimum Gasteiger partial charge on any atom is -0.379 e. The zero-order valence-electron chi connectivity index (χ0n) is 8.88. The Morgan fingerprint density at radius 3 is 2.21 bits per heavy atom. The number of anilines is 2. The lowest BCUT2D eigenvalue weighted by Crippen LogP contribution is -2.17. The van der Waals surface area contributed by atoms with E-state index in [4.69, 9.17) is 5.73 Å². The van der Waals surface area contributed by atoms with Gasteiger partial charge in [0.1, 0.15) is 5.69 Å². The van der Waals surface area contributed by atoms with Gasteiger partial charge in [0.05, 0.1) is 0 Å². The molecule has 0 saturated carbocycles. The summed E-state index contributed by atoms with van der Waals surface area (Å²) in [4.78, 5) is 11.5. The predicted molar refractivity (Wildman–Crippen MR) is 52.9 cm³/mol. The van der Waals surface area contributed by atoms with Crippen LogP contribution in [0.3, 0.4) is 0 Å². The van der Waals surface area contributed by atoms with E-state index in [0.717, 1.165) is 0 Å². The second-order valence-corrected chi connectivity index (χ2v) is 3.30. The fourth-order valence-electron chi connectivity index (χ4n) is 1.21. The van der Waals surface area contributed by atoms with E-state index in [1.807, 2.05) is 0 Å². The molecular weight excluding hydrogens is 272 g/mol. The van der Waals surface area contributed by atoms with Gasteiger partial charge in [-0.1, -0.05) is 0 Å². The molecule has 10 heteroatoms. The smallest absolute Gasteiger partial charge is 0.281 e. The quantitative estimate of drug-likeness (QED) is 0.639. The zero-order valence-corrected chi connectivity index (χ0v) is 8.88. The Bertz CT molecular complexity index is 632. The van der Waals surface area contributed by atoms with Crippen molar-refractivity contribution in [3.63, 3.8) is 0 Å². The van der Waals surface area contributed by atoms with Crippen LogP contribution in [-0.4, -0.2) is 16.2 Å². The molecule has 0 saturated heterocycles. The molecule has 19 heavy (non-hydrogen) atoms. The van der Waals surface area contributed by atoms with E-state index < -0.39 is 46.4 Å². The standard InChI is InChI=1S/C9H4F4N4O2/c10-2-1-3(11)5(13)6(4(2)12)15-9(18)7-8(14)17-19-16-7/h1H,(H2,14,17)(H,15,18). The lowest BCUT2D eigenvalue weighted by Gasteiger charge is -2.07. The van der Waals surface area contributed by atoms with Crippen LogP contribution in [0.5, 0.6) is 0 Å². The summed E-state index contributed by atoms with van der Waals surface area (Å²) in [6, 6.07) is 0.00629. The number of rotatable bonds is 2. The number of nitrogens with two attached hydrogens (primary N) is 1. The molecule has 0 aliphatic heterocycles. The second-order valence-electron chi connectivity index (χ2n) is 3.30. The zero-order chi connectivity index (χ0) is 14.2. The molecule has 1 aromatic heterocycles. The SMILES string of the molecule is Nc1nonc1C(=O)Nc1c(F)c(F)cc(F)c1F. The van der Waals surface area contributed by atoms with Crippen molar-refractivity contribution in [1.82, 2.24) is 10.3 Å². The maximum atomic E-state index is 13.3. The van der Waals surface area contributed by atoms with Gasteiger partial charge in [-0.25, -0.2) is 22.2 Å². The third kappa shape index (κ3) is 2.19. The number of amides is 1. The Balaban J connectivity index is 2.40. The van der Waals surface area contributed by atoms with Crippen LogP contribution in [0, 0.1) is 23.3 Å². The normalized spacial score (nSPS) is 10.5. The van der Waals surface area contributed by atoms with Crippen LogP contribution < -0.4 is 11.1 Å². The summed E-state index contributed by atoms with van der Waals surface area (Å²) in [7, 11) is 0. The van der Waals surface area contributed by atoms with Crippen molar-refractivity contribution >= 4 is 17.4 Å². The molecular formula is C9H4F4N4O2. The van der Waals surface area contributed by atoms with Crippen molar-refractivity contribution < 1.29 is 27.0 Å². The first kappa shape index (κ1) is 12.8. The average molecular weight is 276 g/mol. The summed E-state index contributed by atoms with van der Waals surface area (Å²) in [6.07, 6.45) is 0. The van der Waals surface area contributed by atoms with Crippen molar-refractivity contribution in [1.29, 1.82) is 0 Å². The topological polar surface area (TPSA) is 94.0 Å². The molecule has 0 aliphatic rings. The lowest BCUT2D eigenvalue weighted by molar-refractivity contribution is 0.101. The summed E-state index contributed by atoms with van der Waals surface area (Å²) < 4.78 is 56.4. The van der Waals surface area contributed by atoms with Crippen molar-refractivity contribution in [2.75, 3.05) is 11.1 Å². The van der Waals surface area contributed by atoms with Gasteiger partial charge in [0.2, 0.25) is 11.5 Å². The molecule has 0 aliphatic carbocycles. The molecule has 0 bridgehead atoms. The number of benzene rings is 1. The summed E-state index contributed by atoms with van der Waals surface area (Å²) in [5, 5.41) is 7.71. The van der Waals surface area contributed by atoms with Gasteiger partial charge in [-0.05, 0) is 10.3 Å². The lowest BCUT2D eigenvalue weighted by atomic mass is 10.2. The molecule has 0 atom stereocenters. The number of hydrogen-bond acceptors (Lipinski definition) is 5. The molecule has 1 amide bonds. The van der Waals surface area contributed by atoms with Crippen molar-refractivity contribution in [3.05, 3.63) is 35.0 Å². The first-order chi connectivity index (χ1) is 8.91. The Kier molecular flexibility index (Phi) is 3.07. The summed E-state index contributed by atoms with van der Waals surface area (Å²) in [5.41, 5.74) is 3.29. The fourth-order valence-corrected chi connectivity index (χ4v) is 1.21. The molecule has 2 rings (SSSR count). The Hall–Kier alpha value is -2.65. The van der Waals surface area contributed by atoms with Crippen molar-refractivity contribution in [3.8, 4) is 0 Å². The summed E-state index contributed by atoms with van der Waals surface area (Å²) in [6.45, 7) is 0. The van der Waals surface area contributed by atoms with Gasteiger partial charge in [-0.2, -0.15) is 0 Å². The van der Waals surface area contributed by atoms with Gasteiger partial charge in [-0.3, -0.25) is 4.79 Å². The molecule has 1 aromatic carbocycles. The number of carbonyl (C=O) groups excluding carboxylic acids is 1. The van der Waals surface area contributed by atoms with E-state index in [-0.39, 0.29) is 6.07 Å². The first-order valence-corrected chi connectivity index (χ1v) is 4.64. The fraction of sp³-hybridized carbons (Fsp3) is 0. The van der Waals surface area contributed by atoms with Crippen molar-refractivity contribution in [2.45, 2.75) is 0 Å². The van der Waals surface area contributed by atoms with E-state index in [1.54, 1.807) is 5.32 Å². The molecule has 0 spiro atoms. The summed E-state index contributed by atoms with van der Waals surface area (Å²) in [5.74, 6) is -8.54. The minimum atomic E-state index is -1.76. The third-order valence-corrected chi connectivity index (χ3v) is 2.08. The maximum Gasteiger partial charge on any atom is 0.281 e. The summed E-state index contributed by atoms with van der Waals surface area (Å²) >= 11 is 0. The minimum absolute atomic E-state index is 0.00629. The number of nitrogens with one attached hydrogen (secondary N) is 1. The highest BCUT2D eigenvalue weighted by Crippen LogP contribution is 2.24. The highest BCUT2D eigenvalue weighted by Gasteiger charge is 2.24. The third-order valence-electron chi connectivity index (χ3n) is 2.08. The van der Waals surface area contributed by atoms with Gasteiger partial charge in [0.15, 0.2) is 23.3 Å². The van der Waals surface area contributed by atoms with Crippen LogP contribution >= 0.6 is 0 Å². The molecule has 6 nitrogen and oxygen atoms in total. The molecule has 2 aromatic rings. The molecule has 3 N–H and O–H groups in total. The number of carbonyl (C=O) groups is 1. The largest absolute Gasteiger partial charge is 0.379 e. The van der Waals surface area contributed by atoms with Crippen molar-refractivity contribution in [2.24, 2.45) is 0 Å². The second kappa shape index (κ2) is 4.55. The van der Waals surface area contributed by atoms with Crippen LogP contribution in [0.1, 0.15) is 10.5 Å². The molecule has 100 valence electrons. The highest BCUT2D eigenvalue weighted by molar-refractivity contribution is 6.05. The van der Waals surface area contributed by atoms with E-state index in [0.29, 0.717) is 0 Å². The van der Waals surface area contributed by atoms with Gasteiger partial charge in [-0.15, -0.1) is 0 Å². The number of halogens is 4. The molecule has 0 radical (unpaired) electrons. The van der Waals surface area contributed by atoms with Gasteiger partial charge in [0, 0.05) is 6.07 Å². The molecule has 1 heterocycles. The predicted octanol–water partition coefficient (Wildman–Crippen LogP) is 1.46. The Morgan fingerprint density at radius 1 is 1.16 bits per heavy atom. The number of hydrogen-bond donors (Lipinski definition) is 2. The van der Waals surface area contributed by atoms with Crippen LogP contribution in [0.2, 0.25) is 0 Å². The molecule has 0 fully saturated rings. The Morgan fingerprint density at radius 2 is 1.74 bits per heavy atom. The number of nitrogen functional groups attached to an aromatic ring is 1. The average Bonchev–Trinajstić information content (AvgIpc) is 2.78. The van der Waals surface area contributed by atoms with Gasteiger partial charge >= 0.3 is 0 Å². The maximum absolute atomic E-state index is 13.3. The van der Waals surface area contributed by atoms with E-state index in [1.165, 1.54) is 0 Å². The monoisotopic (exact) mass is 276 g/mol. The van der Waals surface area contributed by atoms with Crippen LogP contribution in [0.25, 0.3) is 0 Å². The van der Waals surface area contributed by atoms with E-state index in [2.05, 4.69) is 14.9 Å². The Labute approximate surface area is 102 Å². The van der Waals surface area contributed by atoms with Crippen LogP contribution in [0.4, 0.5) is 29.1 Å². The van der Waals surface area contributed by atoms with E-state index in [9.17, 15) is 22.4 Å². The van der Waals surface area contributed by atoms with Gasteiger partial charge < -0.3 is 11.1 Å². The molecule has 0 unspecified atom stereocenters. The van der Waals surface area contributed by atoms with Gasteiger partial charge in [0.25, 0.3) is 5.91 Å².